The molecule has 0 radical (unpaired) electrons. The van der Waals surface area contributed by atoms with Crippen molar-refractivity contribution in [3.8, 4) is 0 Å². The zero-order valence-electron chi connectivity index (χ0n) is 7.79. The van der Waals surface area contributed by atoms with E-state index in [1.165, 1.54) is 0 Å². The summed E-state index contributed by atoms with van der Waals surface area (Å²) >= 11 is 0. The van der Waals surface area contributed by atoms with E-state index in [4.69, 9.17) is 0 Å². The number of hydrogen-bond acceptors (Lipinski definition) is 1. The number of hydrogen-bond donors (Lipinski definition) is 0. The minimum atomic E-state index is 0.112. The van der Waals surface area contributed by atoms with Crippen LogP contribution in [0.3, 0.4) is 0 Å². The van der Waals surface area contributed by atoms with Gasteiger partial charge in [0.25, 0.3) is 0 Å². The van der Waals surface area contributed by atoms with Crippen LogP contribution in [0.1, 0.15) is 20.3 Å². The Morgan fingerprint density at radius 3 is 2.45 bits per heavy atom. The zero-order chi connectivity index (χ0) is 8.85. The normalized spacial score (nSPS) is 13.5. The largest absolute Gasteiger partial charge is 0.349 e. The van der Waals surface area contributed by atoms with Crippen LogP contribution in [0.2, 0.25) is 0 Å². The summed E-state index contributed by atoms with van der Waals surface area (Å²) in [7, 11) is 3.57. The van der Waals surface area contributed by atoms with Gasteiger partial charge in [-0.15, -0.1) is 0 Å². The Hall–Kier alpha value is -0.790. The molecule has 0 saturated carbocycles. The quantitative estimate of drug-likeness (QED) is 0.568. The lowest BCUT2D eigenvalue weighted by molar-refractivity contribution is -0.132. The van der Waals surface area contributed by atoms with Gasteiger partial charge in [-0.2, -0.15) is 0 Å². The van der Waals surface area contributed by atoms with Gasteiger partial charge < -0.3 is 4.90 Å². The number of allylic oxidation sites excluding steroid dienone is 2. The molecular formula is C9H17NO. The Labute approximate surface area is 68.9 Å². The van der Waals surface area contributed by atoms with Crippen LogP contribution in [0.4, 0.5) is 0 Å². The minimum Gasteiger partial charge on any atom is -0.349 e. The van der Waals surface area contributed by atoms with Crippen molar-refractivity contribution in [2.45, 2.75) is 20.3 Å². The monoisotopic (exact) mass is 155 g/mol. The maximum absolute atomic E-state index is 11.2. The van der Waals surface area contributed by atoms with E-state index in [2.05, 4.69) is 0 Å². The molecule has 1 atom stereocenters. The van der Waals surface area contributed by atoms with E-state index in [1.807, 2.05) is 26.0 Å². The van der Waals surface area contributed by atoms with Gasteiger partial charge in [0.15, 0.2) is 0 Å². The molecule has 0 rings (SSSR count). The van der Waals surface area contributed by atoms with Gasteiger partial charge in [-0.05, 0) is 13.3 Å². The Morgan fingerprint density at radius 1 is 1.55 bits per heavy atom. The van der Waals surface area contributed by atoms with Crippen LogP contribution in [-0.2, 0) is 4.79 Å². The average molecular weight is 155 g/mol. The molecule has 2 nitrogen and oxygen atoms in total. The highest BCUT2D eigenvalue weighted by Crippen LogP contribution is 2.05. The first-order chi connectivity index (χ1) is 5.09. The van der Waals surface area contributed by atoms with Gasteiger partial charge in [-0.1, -0.05) is 19.1 Å². The van der Waals surface area contributed by atoms with Crippen LogP contribution >= 0.6 is 0 Å². The fourth-order valence-electron chi connectivity index (χ4n) is 0.882. The molecule has 0 spiro atoms. The van der Waals surface area contributed by atoms with Gasteiger partial charge in [0.2, 0.25) is 5.91 Å². The number of nitrogens with zero attached hydrogens (tertiary/aromatic N) is 1. The maximum Gasteiger partial charge on any atom is 0.225 e. The second-order valence-electron chi connectivity index (χ2n) is 2.94. The lowest BCUT2D eigenvalue weighted by atomic mass is 10.1. The van der Waals surface area contributed by atoms with E-state index >= 15 is 0 Å². The molecule has 0 heterocycles. The lowest BCUT2D eigenvalue weighted by Gasteiger charge is -2.14. The van der Waals surface area contributed by atoms with Crippen molar-refractivity contribution in [2.75, 3.05) is 14.1 Å². The summed E-state index contributed by atoms with van der Waals surface area (Å²) in [6.45, 7) is 3.91. The minimum absolute atomic E-state index is 0.112. The number of carbonyl (C=O) groups excluding carboxylic acids is 1. The molecule has 0 aromatic heterocycles. The van der Waals surface area contributed by atoms with Crippen molar-refractivity contribution in [1.82, 2.24) is 4.90 Å². The van der Waals surface area contributed by atoms with Gasteiger partial charge in [-0.3, -0.25) is 4.79 Å². The predicted octanol–water partition coefficient (Wildman–Crippen LogP) is 1.68. The summed E-state index contributed by atoms with van der Waals surface area (Å²) in [6, 6.07) is 0. The van der Waals surface area contributed by atoms with Gasteiger partial charge in [0.1, 0.15) is 0 Å². The molecule has 2 heteroatoms. The van der Waals surface area contributed by atoms with Gasteiger partial charge in [0, 0.05) is 20.0 Å². The Balaban J connectivity index is 3.83. The second kappa shape index (κ2) is 4.94. The molecule has 0 saturated heterocycles. The second-order valence-corrected chi connectivity index (χ2v) is 2.94. The number of carbonyl (C=O) groups is 1. The van der Waals surface area contributed by atoms with Crippen LogP contribution in [-0.4, -0.2) is 24.9 Å². The Bertz CT molecular complexity index is 150. The lowest BCUT2D eigenvalue weighted by Crippen LogP contribution is -2.27. The summed E-state index contributed by atoms with van der Waals surface area (Å²) in [5, 5.41) is 0. The highest BCUT2D eigenvalue weighted by molar-refractivity contribution is 5.78. The third-order valence-electron chi connectivity index (χ3n) is 1.59. The predicted molar refractivity (Wildman–Crippen MR) is 47.3 cm³/mol. The summed E-state index contributed by atoms with van der Waals surface area (Å²) in [5.74, 6) is 0.310. The molecule has 0 N–H and O–H groups in total. The molecule has 11 heavy (non-hydrogen) atoms. The molecule has 1 unspecified atom stereocenters. The first kappa shape index (κ1) is 10.2. The Kier molecular flexibility index (Phi) is 4.59. The maximum atomic E-state index is 11.2. The summed E-state index contributed by atoms with van der Waals surface area (Å²) in [5.41, 5.74) is 0. The molecule has 0 aromatic carbocycles. The molecule has 0 fully saturated rings. The van der Waals surface area contributed by atoms with Gasteiger partial charge in [-0.25, -0.2) is 0 Å². The fourth-order valence-corrected chi connectivity index (χ4v) is 0.882. The highest BCUT2D eigenvalue weighted by atomic mass is 16.2. The van der Waals surface area contributed by atoms with E-state index in [0.29, 0.717) is 0 Å². The molecule has 1 amide bonds. The van der Waals surface area contributed by atoms with E-state index in [1.54, 1.807) is 19.0 Å². The van der Waals surface area contributed by atoms with Crippen molar-refractivity contribution in [3.63, 3.8) is 0 Å². The van der Waals surface area contributed by atoms with Crippen LogP contribution in [0.5, 0.6) is 0 Å². The van der Waals surface area contributed by atoms with Crippen LogP contribution in [0.25, 0.3) is 0 Å². The molecule has 0 aromatic rings. The third-order valence-corrected chi connectivity index (χ3v) is 1.59. The van der Waals surface area contributed by atoms with Gasteiger partial charge >= 0.3 is 0 Å². The van der Waals surface area contributed by atoms with E-state index in [9.17, 15) is 4.79 Å². The number of amides is 1. The Morgan fingerprint density at radius 2 is 2.09 bits per heavy atom. The van der Waals surface area contributed by atoms with E-state index < -0.39 is 0 Å². The zero-order valence-corrected chi connectivity index (χ0v) is 7.79. The molecule has 0 aliphatic carbocycles. The van der Waals surface area contributed by atoms with Crippen LogP contribution in [0.15, 0.2) is 12.2 Å². The first-order valence-corrected chi connectivity index (χ1v) is 3.92. The summed E-state index contributed by atoms with van der Waals surface area (Å²) < 4.78 is 0. The molecule has 0 aliphatic rings. The topological polar surface area (TPSA) is 20.3 Å². The average Bonchev–Trinajstić information content (AvgIpc) is 1.98. The van der Waals surface area contributed by atoms with Crippen molar-refractivity contribution in [2.24, 2.45) is 5.92 Å². The molecule has 0 aliphatic heterocycles. The van der Waals surface area contributed by atoms with Crippen LogP contribution < -0.4 is 0 Å². The summed E-state index contributed by atoms with van der Waals surface area (Å²) in [4.78, 5) is 12.9. The van der Waals surface area contributed by atoms with E-state index in [-0.39, 0.29) is 11.8 Å². The van der Waals surface area contributed by atoms with Gasteiger partial charge in [0.05, 0.1) is 0 Å². The van der Waals surface area contributed by atoms with Crippen LogP contribution in [0, 0.1) is 5.92 Å². The van der Waals surface area contributed by atoms with Crippen molar-refractivity contribution < 1.29 is 4.79 Å². The number of rotatable bonds is 3. The van der Waals surface area contributed by atoms with Crippen molar-refractivity contribution in [3.05, 3.63) is 12.2 Å². The SMILES string of the molecule is CC=CCC(C)C(=O)N(C)C. The van der Waals surface area contributed by atoms with Crippen molar-refractivity contribution >= 4 is 5.91 Å². The summed E-state index contributed by atoms with van der Waals surface area (Å²) in [6.07, 6.45) is 4.83. The molecular weight excluding hydrogens is 138 g/mol. The smallest absolute Gasteiger partial charge is 0.225 e. The highest BCUT2D eigenvalue weighted by Gasteiger charge is 2.11. The molecule has 0 bridgehead atoms. The fraction of sp³-hybridized carbons (Fsp3) is 0.667. The molecule has 64 valence electrons. The third kappa shape index (κ3) is 3.81. The van der Waals surface area contributed by atoms with E-state index in [0.717, 1.165) is 6.42 Å². The first-order valence-electron chi connectivity index (χ1n) is 3.92. The van der Waals surface area contributed by atoms with Crippen molar-refractivity contribution in [1.29, 1.82) is 0 Å². The standard InChI is InChI=1S/C9H17NO/c1-5-6-7-8(2)9(11)10(3)4/h5-6,8H,7H2,1-4H3.